The zero-order valence-electron chi connectivity index (χ0n) is 11.0. The van der Waals surface area contributed by atoms with Gasteiger partial charge in [0.2, 0.25) is 0 Å². The molecule has 0 aliphatic heterocycles. The van der Waals surface area contributed by atoms with E-state index in [1.165, 1.54) is 11.3 Å². The second-order valence-corrected chi connectivity index (χ2v) is 5.58. The van der Waals surface area contributed by atoms with Crippen molar-refractivity contribution in [1.29, 1.82) is 0 Å². The van der Waals surface area contributed by atoms with Crippen LogP contribution in [0.25, 0.3) is 21.6 Å². The highest BCUT2D eigenvalue weighted by Gasteiger charge is 2.18. The number of rotatable bonds is 2. The molecule has 0 bridgehead atoms. The summed E-state index contributed by atoms with van der Waals surface area (Å²) in [7, 11) is 0. The first kappa shape index (κ1) is 13.8. The fourth-order valence-corrected chi connectivity index (χ4v) is 3.01. The number of thiophene rings is 1. The van der Waals surface area contributed by atoms with Crippen molar-refractivity contribution in [3.05, 3.63) is 40.5 Å². The Morgan fingerprint density at radius 1 is 1.10 bits per heavy atom. The molecule has 3 nitrogen and oxygen atoms in total. The number of halogens is 3. The van der Waals surface area contributed by atoms with Crippen LogP contribution in [0.3, 0.4) is 0 Å². The monoisotopic (exact) mass is 309 g/mol. The van der Waals surface area contributed by atoms with Crippen molar-refractivity contribution in [2.24, 2.45) is 0 Å². The second kappa shape index (κ2) is 5.00. The van der Waals surface area contributed by atoms with Crippen LogP contribution < -0.4 is 5.73 Å². The van der Waals surface area contributed by atoms with Crippen molar-refractivity contribution in [2.75, 3.05) is 5.73 Å². The van der Waals surface area contributed by atoms with Crippen LogP contribution in [0, 0.1) is 17.5 Å². The Balaban J connectivity index is 2.26. The number of nitrogen functional groups attached to an aromatic ring is 1. The number of hydrogen-bond acceptors (Lipinski definition) is 4. The average molecular weight is 309 g/mol. The number of anilines is 1. The number of aryl methyl sites for hydroxylation is 1. The van der Waals surface area contributed by atoms with Crippen molar-refractivity contribution in [3.8, 4) is 11.4 Å². The van der Waals surface area contributed by atoms with Crippen LogP contribution in [0.4, 0.5) is 19.0 Å². The predicted molar refractivity (Wildman–Crippen MR) is 76.5 cm³/mol. The highest BCUT2D eigenvalue weighted by Crippen LogP contribution is 2.32. The molecule has 7 heteroatoms. The summed E-state index contributed by atoms with van der Waals surface area (Å²) in [6.45, 7) is 1.98. The smallest absolute Gasteiger partial charge is 0.169 e. The molecule has 0 aliphatic carbocycles. The summed E-state index contributed by atoms with van der Waals surface area (Å²) in [5.41, 5.74) is 5.35. The SMILES string of the molecule is CCc1cc2c(N)nc(-c3c(F)cc(F)cc3F)nc2s1. The predicted octanol–water partition coefficient (Wildman–Crippen LogP) is 3.92. The summed E-state index contributed by atoms with van der Waals surface area (Å²) >= 11 is 1.39. The van der Waals surface area contributed by atoms with Crippen molar-refractivity contribution in [2.45, 2.75) is 13.3 Å². The maximum Gasteiger partial charge on any atom is 0.169 e. The molecule has 21 heavy (non-hydrogen) atoms. The van der Waals surface area contributed by atoms with Crippen LogP contribution in [0.5, 0.6) is 0 Å². The van der Waals surface area contributed by atoms with Crippen molar-refractivity contribution in [3.63, 3.8) is 0 Å². The fraction of sp³-hybridized carbons (Fsp3) is 0.143. The highest BCUT2D eigenvalue weighted by atomic mass is 32.1. The van der Waals surface area contributed by atoms with Crippen molar-refractivity contribution < 1.29 is 13.2 Å². The van der Waals surface area contributed by atoms with Gasteiger partial charge in [-0.3, -0.25) is 0 Å². The maximum absolute atomic E-state index is 13.8. The van der Waals surface area contributed by atoms with Gasteiger partial charge < -0.3 is 5.73 Å². The first-order chi connectivity index (χ1) is 9.99. The zero-order valence-corrected chi connectivity index (χ0v) is 11.8. The normalized spacial score (nSPS) is 11.2. The van der Waals surface area contributed by atoms with Crippen LogP contribution in [-0.2, 0) is 6.42 Å². The molecule has 3 rings (SSSR count). The molecule has 108 valence electrons. The average Bonchev–Trinajstić information content (AvgIpc) is 2.81. The van der Waals surface area contributed by atoms with Gasteiger partial charge in [-0.2, -0.15) is 0 Å². The van der Waals surface area contributed by atoms with E-state index in [0.717, 1.165) is 11.3 Å². The van der Waals surface area contributed by atoms with Gasteiger partial charge in [-0.05, 0) is 12.5 Å². The molecule has 0 saturated carbocycles. The maximum atomic E-state index is 13.8. The van der Waals surface area contributed by atoms with E-state index >= 15 is 0 Å². The lowest BCUT2D eigenvalue weighted by Crippen LogP contribution is -2.00. The van der Waals surface area contributed by atoms with Gasteiger partial charge in [-0.15, -0.1) is 11.3 Å². The molecule has 0 saturated heterocycles. The Labute approximate surface area is 122 Å². The third-order valence-corrected chi connectivity index (χ3v) is 4.23. The molecule has 3 aromatic rings. The topological polar surface area (TPSA) is 51.8 Å². The first-order valence-electron chi connectivity index (χ1n) is 6.20. The van der Waals surface area contributed by atoms with E-state index in [1.54, 1.807) is 0 Å². The number of nitrogens with two attached hydrogens (primary N) is 1. The molecule has 2 heterocycles. The van der Waals surface area contributed by atoms with E-state index in [2.05, 4.69) is 9.97 Å². The summed E-state index contributed by atoms with van der Waals surface area (Å²) in [4.78, 5) is 9.69. The quantitative estimate of drug-likeness (QED) is 0.780. The summed E-state index contributed by atoms with van der Waals surface area (Å²) in [5, 5.41) is 0.656. The van der Waals surface area contributed by atoms with E-state index in [9.17, 15) is 13.2 Å². The van der Waals surface area contributed by atoms with Gasteiger partial charge in [0.05, 0.1) is 10.9 Å². The van der Waals surface area contributed by atoms with E-state index in [4.69, 9.17) is 5.73 Å². The molecule has 0 radical (unpaired) electrons. The Bertz CT molecular complexity index is 822. The zero-order chi connectivity index (χ0) is 15.1. The van der Waals surface area contributed by atoms with Gasteiger partial charge >= 0.3 is 0 Å². The molecule has 2 aromatic heterocycles. The van der Waals surface area contributed by atoms with E-state index < -0.39 is 23.0 Å². The molecular formula is C14H10F3N3S. The number of nitrogens with zero attached hydrogens (tertiary/aromatic N) is 2. The Morgan fingerprint density at radius 3 is 2.38 bits per heavy atom. The summed E-state index contributed by atoms with van der Waals surface area (Å²) in [6, 6.07) is 3.04. The molecule has 0 spiro atoms. The van der Waals surface area contributed by atoms with Gasteiger partial charge in [0.25, 0.3) is 0 Å². The standard InChI is InChI=1S/C14H10F3N3S/c1-2-7-5-8-12(18)19-13(20-14(8)21-7)11-9(16)3-6(15)4-10(11)17/h3-5H,2H2,1H3,(H2,18,19,20). The minimum absolute atomic E-state index is 0.147. The summed E-state index contributed by atoms with van der Waals surface area (Å²) in [5.74, 6) is -3.14. The van der Waals surface area contributed by atoms with Crippen LogP contribution in [0.2, 0.25) is 0 Å². The second-order valence-electron chi connectivity index (χ2n) is 4.46. The lowest BCUT2D eigenvalue weighted by molar-refractivity contribution is 0.547. The number of aromatic nitrogens is 2. The molecule has 1 aromatic carbocycles. The van der Waals surface area contributed by atoms with Gasteiger partial charge in [-0.1, -0.05) is 6.92 Å². The third-order valence-electron chi connectivity index (χ3n) is 3.05. The fourth-order valence-electron chi connectivity index (χ4n) is 2.04. The first-order valence-corrected chi connectivity index (χ1v) is 7.02. The Hall–Kier alpha value is -2.15. The van der Waals surface area contributed by atoms with E-state index in [0.29, 0.717) is 22.3 Å². The Morgan fingerprint density at radius 2 is 1.76 bits per heavy atom. The van der Waals surface area contributed by atoms with Gasteiger partial charge in [0, 0.05) is 17.0 Å². The largest absolute Gasteiger partial charge is 0.383 e. The van der Waals surface area contributed by atoms with Gasteiger partial charge in [-0.25, -0.2) is 23.1 Å². The number of benzene rings is 1. The van der Waals surface area contributed by atoms with Gasteiger partial charge in [0.15, 0.2) is 5.82 Å². The van der Waals surface area contributed by atoms with Crippen LogP contribution >= 0.6 is 11.3 Å². The molecular weight excluding hydrogens is 299 g/mol. The highest BCUT2D eigenvalue weighted by molar-refractivity contribution is 7.18. The lowest BCUT2D eigenvalue weighted by atomic mass is 10.1. The van der Waals surface area contributed by atoms with Crippen LogP contribution in [0.15, 0.2) is 18.2 Å². The molecule has 0 fully saturated rings. The molecule has 2 N–H and O–H groups in total. The van der Waals surface area contributed by atoms with E-state index in [-0.39, 0.29) is 11.6 Å². The third kappa shape index (κ3) is 2.33. The minimum atomic E-state index is -1.06. The molecule has 0 amide bonds. The number of hydrogen-bond donors (Lipinski definition) is 1. The van der Waals surface area contributed by atoms with Crippen LogP contribution in [-0.4, -0.2) is 9.97 Å². The molecule has 0 atom stereocenters. The molecule has 0 aliphatic rings. The van der Waals surface area contributed by atoms with Crippen LogP contribution in [0.1, 0.15) is 11.8 Å². The van der Waals surface area contributed by atoms with Crippen molar-refractivity contribution >= 4 is 27.4 Å². The molecule has 0 unspecified atom stereocenters. The summed E-state index contributed by atoms with van der Waals surface area (Å²) < 4.78 is 40.6. The van der Waals surface area contributed by atoms with Gasteiger partial charge in [0.1, 0.15) is 28.1 Å². The van der Waals surface area contributed by atoms with Crippen molar-refractivity contribution in [1.82, 2.24) is 9.97 Å². The minimum Gasteiger partial charge on any atom is -0.383 e. The number of fused-ring (bicyclic) bond motifs is 1. The summed E-state index contributed by atoms with van der Waals surface area (Å²) in [6.07, 6.45) is 0.801. The lowest BCUT2D eigenvalue weighted by Gasteiger charge is -2.05. The van der Waals surface area contributed by atoms with E-state index in [1.807, 2.05) is 13.0 Å². The Kier molecular flexibility index (Phi) is 3.29.